The normalized spacial score (nSPS) is 33.6. The predicted molar refractivity (Wildman–Crippen MR) is 75.1 cm³/mol. The van der Waals surface area contributed by atoms with Gasteiger partial charge in [0.1, 0.15) is 12.2 Å². The predicted octanol–water partition coefficient (Wildman–Crippen LogP) is 2.18. The third-order valence-electron chi connectivity index (χ3n) is 3.50. The van der Waals surface area contributed by atoms with Crippen LogP contribution in [0.5, 0.6) is 0 Å². The highest BCUT2D eigenvalue weighted by atomic mass is 31.2. The lowest BCUT2D eigenvalue weighted by atomic mass is 10.1. The van der Waals surface area contributed by atoms with Crippen molar-refractivity contribution in [1.82, 2.24) is 0 Å². The summed E-state index contributed by atoms with van der Waals surface area (Å²) in [7, 11) is -4.05. The van der Waals surface area contributed by atoms with Crippen LogP contribution in [0.1, 0.15) is 34.1 Å². The molecule has 2 heterocycles. The highest BCUT2D eigenvalue weighted by Crippen LogP contribution is 2.56. The van der Waals surface area contributed by atoms with Crippen LogP contribution in [0.3, 0.4) is 0 Å². The lowest BCUT2D eigenvalue weighted by Gasteiger charge is -2.28. The Kier molecular flexibility index (Phi) is 5.65. The highest BCUT2D eigenvalue weighted by Gasteiger charge is 2.53. The fourth-order valence-corrected chi connectivity index (χ4v) is 4.30. The van der Waals surface area contributed by atoms with Gasteiger partial charge in [-0.2, -0.15) is 0 Å². The van der Waals surface area contributed by atoms with Gasteiger partial charge in [-0.15, -0.1) is 0 Å². The Bertz CT molecular complexity index is 407. The minimum absolute atomic E-state index is 0.0155. The van der Waals surface area contributed by atoms with E-state index in [1.54, 1.807) is 27.7 Å². The van der Waals surface area contributed by atoms with E-state index in [4.69, 9.17) is 23.3 Å². The molecule has 2 aliphatic rings. The number of rotatable bonds is 7. The molecular weight excluding hydrogens is 318 g/mol. The molecule has 9 heteroatoms. The van der Waals surface area contributed by atoms with Gasteiger partial charge in [0.25, 0.3) is 0 Å². The van der Waals surface area contributed by atoms with Crippen molar-refractivity contribution < 1.29 is 37.3 Å². The number of alkyl halides is 1. The fraction of sp³-hybridized carbons (Fsp3) is 1.00. The number of fused-ring (bicyclic) bond motifs is 1. The summed E-state index contributed by atoms with van der Waals surface area (Å²) in [4.78, 5) is 0. The number of halogens is 1. The second-order valence-electron chi connectivity index (χ2n) is 5.69. The Morgan fingerprint density at radius 3 is 2.41 bits per heavy atom. The number of aliphatic hydroxyl groups excluding tert-OH is 1. The third-order valence-corrected chi connectivity index (χ3v) is 5.64. The number of ether oxygens (including phenoxy) is 3. The standard InChI is InChI=1S/C13H24FO7P/c1-5-17-22(16,18-6-2)11(14)10(15)8-7-9-12(19-8)21-13(3,4)20-9/h8-12,15H,5-7H2,1-4H3/t8-,9+,10?,11?,12+/m0/s1. The number of aliphatic hydroxyl groups is 1. The van der Waals surface area contributed by atoms with E-state index in [2.05, 4.69) is 0 Å². The van der Waals surface area contributed by atoms with Crippen LogP contribution >= 0.6 is 7.60 Å². The summed E-state index contributed by atoms with van der Waals surface area (Å²) in [6.07, 6.45) is -3.35. The summed E-state index contributed by atoms with van der Waals surface area (Å²) in [6.45, 7) is 6.67. The van der Waals surface area contributed by atoms with Crippen LogP contribution < -0.4 is 0 Å². The highest BCUT2D eigenvalue weighted by molar-refractivity contribution is 7.54. The molecule has 0 saturated carbocycles. The zero-order valence-corrected chi connectivity index (χ0v) is 14.1. The topological polar surface area (TPSA) is 83.5 Å². The van der Waals surface area contributed by atoms with Crippen molar-refractivity contribution in [2.24, 2.45) is 0 Å². The lowest BCUT2D eigenvalue weighted by molar-refractivity contribution is -0.215. The van der Waals surface area contributed by atoms with Gasteiger partial charge < -0.3 is 28.4 Å². The Labute approximate surface area is 129 Å². The van der Waals surface area contributed by atoms with Gasteiger partial charge in [0, 0.05) is 6.42 Å². The van der Waals surface area contributed by atoms with Crippen molar-refractivity contribution >= 4 is 7.60 Å². The van der Waals surface area contributed by atoms with E-state index in [1.807, 2.05) is 0 Å². The molecular formula is C13H24FO7P. The van der Waals surface area contributed by atoms with Crippen LogP contribution in [0.2, 0.25) is 0 Å². The molecule has 2 rings (SSSR count). The summed E-state index contributed by atoms with van der Waals surface area (Å²) in [5.41, 5.74) is 0. The van der Waals surface area contributed by atoms with E-state index in [-0.39, 0.29) is 25.7 Å². The first-order valence-corrected chi connectivity index (χ1v) is 9.05. The van der Waals surface area contributed by atoms with Gasteiger partial charge in [-0.25, -0.2) is 4.39 Å². The Hall–Kier alpha value is -0.0800. The summed E-state index contributed by atoms with van der Waals surface area (Å²) in [6, 6.07) is 0. The first-order valence-electron chi connectivity index (χ1n) is 7.44. The van der Waals surface area contributed by atoms with Crippen molar-refractivity contribution in [3.05, 3.63) is 0 Å². The number of hydrogen-bond acceptors (Lipinski definition) is 7. The Balaban J connectivity index is 2.00. The van der Waals surface area contributed by atoms with E-state index in [1.165, 1.54) is 0 Å². The van der Waals surface area contributed by atoms with Gasteiger partial charge in [0.05, 0.1) is 19.3 Å². The first-order chi connectivity index (χ1) is 10.2. The summed E-state index contributed by atoms with van der Waals surface area (Å²) in [5.74, 6) is -2.96. The molecule has 1 N–H and O–H groups in total. The molecule has 0 bridgehead atoms. The molecule has 0 aromatic rings. The molecule has 0 aliphatic carbocycles. The zero-order chi connectivity index (χ0) is 16.5. The van der Waals surface area contributed by atoms with E-state index < -0.39 is 37.8 Å². The van der Waals surface area contributed by atoms with Crippen molar-refractivity contribution in [2.45, 2.75) is 70.4 Å². The van der Waals surface area contributed by atoms with Crippen LogP contribution in [-0.4, -0.2) is 54.6 Å². The van der Waals surface area contributed by atoms with Crippen molar-refractivity contribution in [3.8, 4) is 0 Å². The van der Waals surface area contributed by atoms with Gasteiger partial charge in [-0.3, -0.25) is 4.57 Å². The molecule has 7 nitrogen and oxygen atoms in total. The van der Waals surface area contributed by atoms with Crippen LogP contribution in [-0.2, 0) is 27.8 Å². The minimum Gasteiger partial charge on any atom is -0.387 e. The maximum absolute atomic E-state index is 14.5. The molecule has 0 spiro atoms. The van der Waals surface area contributed by atoms with Crippen molar-refractivity contribution in [2.75, 3.05) is 13.2 Å². The monoisotopic (exact) mass is 342 g/mol. The second kappa shape index (κ2) is 6.81. The van der Waals surface area contributed by atoms with Gasteiger partial charge >= 0.3 is 7.60 Å². The molecule has 2 fully saturated rings. The van der Waals surface area contributed by atoms with E-state index in [0.29, 0.717) is 0 Å². The Morgan fingerprint density at radius 1 is 1.32 bits per heavy atom. The summed E-state index contributed by atoms with van der Waals surface area (Å²) < 4.78 is 53.3. The summed E-state index contributed by atoms with van der Waals surface area (Å²) >= 11 is 0. The Morgan fingerprint density at radius 2 is 1.91 bits per heavy atom. The molecule has 2 aliphatic heterocycles. The minimum atomic E-state index is -4.05. The summed E-state index contributed by atoms with van der Waals surface area (Å²) in [5, 5.41) is 10.1. The molecule has 2 saturated heterocycles. The van der Waals surface area contributed by atoms with Crippen LogP contribution in [0.15, 0.2) is 0 Å². The average molecular weight is 342 g/mol. The maximum atomic E-state index is 14.5. The number of hydrogen-bond donors (Lipinski definition) is 1. The molecule has 0 aromatic carbocycles. The van der Waals surface area contributed by atoms with Crippen molar-refractivity contribution in [1.29, 1.82) is 0 Å². The van der Waals surface area contributed by atoms with Crippen LogP contribution in [0.4, 0.5) is 4.39 Å². The van der Waals surface area contributed by atoms with Crippen LogP contribution in [0.25, 0.3) is 0 Å². The van der Waals surface area contributed by atoms with E-state index in [0.717, 1.165) is 0 Å². The van der Waals surface area contributed by atoms with Crippen LogP contribution in [0, 0.1) is 0 Å². The smallest absolute Gasteiger partial charge is 0.367 e. The molecule has 0 aromatic heterocycles. The van der Waals surface area contributed by atoms with E-state index in [9.17, 15) is 14.1 Å². The molecule has 5 atom stereocenters. The zero-order valence-electron chi connectivity index (χ0n) is 13.2. The van der Waals surface area contributed by atoms with Gasteiger partial charge in [0.2, 0.25) is 5.91 Å². The molecule has 2 unspecified atom stereocenters. The fourth-order valence-electron chi connectivity index (χ4n) is 2.66. The molecule has 0 amide bonds. The quantitative estimate of drug-likeness (QED) is 0.710. The molecule has 0 radical (unpaired) electrons. The van der Waals surface area contributed by atoms with Gasteiger partial charge in [-0.1, -0.05) is 0 Å². The molecule has 22 heavy (non-hydrogen) atoms. The second-order valence-corrected chi connectivity index (χ2v) is 7.78. The first kappa shape index (κ1) is 18.3. The van der Waals surface area contributed by atoms with Gasteiger partial charge in [0.15, 0.2) is 12.1 Å². The largest absolute Gasteiger partial charge is 0.387 e. The van der Waals surface area contributed by atoms with Crippen molar-refractivity contribution in [3.63, 3.8) is 0 Å². The maximum Gasteiger partial charge on any atom is 0.367 e. The average Bonchev–Trinajstić information content (AvgIpc) is 2.91. The van der Waals surface area contributed by atoms with E-state index >= 15 is 0 Å². The lowest BCUT2D eigenvalue weighted by Crippen LogP contribution is -2.37. The molecule has 130 valence electrons. The third kappa shape index (κ3) is 3.70. The van der Waals surface area contributed by atoms with Gasteiger partial charge in [-0.05, 0) is 27.7 Å². The SMILES string of the molecule is CCOP(=O)(OCC)C(F)C(O)[C@@H]1C[C@H]2OC(C)(C)O[C@H]2O1.